The molecule has 0 fully saturated rings. The molecular formula is C13H14FNO. The standard InChI is InChI=1S/C13H14FNO/c1-3-4-12(16)13-8(2)10-7-9(14)5-6-11(10)15-13/h5-7,15H,3-4H2,1-2H3. The van der Waals surface area contributed by atoms with Crippen LogP contribution < -0.4 is 0 Å². The Balaban J connectivity index is 2.56. The molecule has 84 valence electrons. The smallest absolute Gasteiger partial charge is 0.179 e. The number of H-pyrrole nitrogens is 1. The van der Waals surface area contributed by atoms with Gasteiger partial charge in [-0.1, -0.05) is 6.92 Å². The van der Waals surface area contributed by atoms with Crippen molar-refractivity contribution in [1.29, 1.82) is 0 Å². The minimum absolute atomic E-state index is 0.0941. The van der Waals surface area contributed by atoms with Gasteiger partial charge in [0.1, 0.15) is 5.82 Å². The van der Waals surface area contributed by atoms with Gasteiger partial charge in [-0.25, -0.2) is 4.39 Å². The number of carbonyl (C=O) groups excluding carboxylic acids is 1. The topological polar surface area (TPSA) is 32.9 Å². The first-order valence-electron chi connectivity index (χ1n) is 5.44. The lowest BCUT2D eigenvalue weighted by molar-refractivity contribution is 0.0977. The summed E-state index contributed by atoms with van der Waals surface area (Å²) >= 11 is 0. The van der Waals surface area contributed by atoms with Crippen LogP contribution in [0.15, 0.2) is 18.2 Å². The molecule has 2 aromatic rings. The maximum Gasteiger partial charge on any atom is 0.179 e. The van der Waals surface area contributed by atoms with Gasteiger partial charge in [-0.3, -0.25) is 4.79 Å². The molecule has 0 radical (unpaired) electrons. The number of halogens is 1. The molecule has 0 aliphatic rings. The minimum Gasteiger partial charge on any atom is -0.352 e. The summed E-state index contributed by atoms with van der Waals surface area (Å²) in [5.41, 5.74) is 2.27. The van der Waals surface area contributed by atoms with Crippen molar-refractivity contribution in [2.75, 3.05) is 0 Å². The Morgan fingerprint density at radius 1 is 1.44 bits per heavy atom. The molecule has 1 N–H and O–H groups in total. The number of hydrogen-bond acceptors (Lipinski definition) is 1. The van der Waals surface area contributed by atoms with Gasteiger partial charge < -0.3 is 4.98 Å². The Morgan fingerprint density at radius 3 is 2.88 bits per heavy atom. The van der Waals surface area contributed by atoms with E-state index in [-0.39, 0.29) is 11.6 Å². The van der Waals surface area contributed by atoms with Gasteiger partial charge >= 0.3 is 0 Å². The first-order valence-corrected chi connectivity index (χ1v) is 5.44. The average Bonchev–Trinajstić information content (AvgIpc) is 2.57. The van der Waals surface area contributed by atoms with Crippen molar-refractivity contribution >= 4 is 16.7 Å². The molecule has 0 atom stereocenters. The molecule has 0 amide bonds. The lowest BCUT2D eigenvalue weighted by Gasteiger charge is -1.96. The number of aromatic nitrogens is 1. The molecule has 0 spiro atoms. The van der Waals surface area contributed by atoms with Crippen LogP contribution in [-0.2, 0) is 0 Å². The Morgan fingerprint density at radius 2 is 2.19 bits per heavy atom. The van der Waals surface area contributed by atoms with Crippen LogP contribution in [0.25, 0.3) is 10.9 Å². The molecular weight excluding hydrogens is 205 g/mol. The molecule has 0 saturated carbocycles. The maximum absolute atomic E-state index is 13.1. The second-order valence-corrected chi connectivity index (χ2v) is 3.99. The van der Waals surface area contributed by atoms with Crippen molar-refractivity contribution in [3.8, 4) is 0 Å². The van der Waals surface area contributed by atoms with Gasteiger partial charge in [-0.2, -0.15) is 0 Å². The van der Waals surface area contributed by atoms with Gasteiger partial charge in [0.15, 0.2) is 5.78 Å². The summed E-state index contributed by atoms with van der Waals surface area (Å²) in [6.45, 7) is 3.82. The maximum atomic E-state index is 13.1. The number of carbonyl (C=O) groups is 1. The second-order valence-electron chi connectivity index (χ2n) is 3.99. The number of rotatable bonds is 3. The van der Waals surface area contributed by atoms with Gasteiger partial charge in [0.2, 0.25) is 0 Å². The Kier molecular flexibility index (Phi) is 2.77. The van der Waals surface area contributed by atoms with Crippen molar-refractivity contribution in [1.82, 2.24) is 4.98 Å². The van der Waals surface area contributed by atoms with Gasteiger partial charge in [0, 0.05) is 17.3 Å². The van der Waals surface area contributed by atoms with E-state index in [4.69, 9.17) is 0 Å². The zero-order chi connectivity index (χ0) is 11.7. The van der Waals surface area contributed by atoms with Crippen molar-refractivity contribution in [2.45, 2.75) is 26.7 Å². The van der Waals surface area contributed by atoms with E-state index >= 15 is 0 Å². The molecule has 0 aliphatic carbocycles. The predicted molar refractivity (Wildman–Crippen MR) is 62.2 cm³/mol. The van der Waals surface area contributed by atoms with Crippen LogP contribution in [0.4, 0.5) is 4.39 Å². The summed E-state index contributed by atoms with van der Waals surface area (Å²) in [7, 11) is 0. The van der Waals surface area contributed by atoms with E-state index in [9.17, 15) is 9.18 Å². The molecule has 0 bridgehead atoms. The molecule has 3 heteroatoms. The van der Waals surface area contributed by atoms with Crippen molar-refractivity contribution in [3.05, 3.63) is 35.3 Å². The highest BCUT2D eigenvalue weighted by Crippen LogP contribution is 2.23. The third-order valence-electron chi connectivity index (χ3n) is 2.78. The summed E-state index contributed by atoms with van der Waals surface area (Å²) in [5.74, 6) is -0.180. The fourth-order valence-corrected chi connectivity index (χ4v) is 1.93. The predicted octanol–water partition coefficient (Wildman–Crippen LogP) is 3.60. The number of nitrogens with one attached hydrogen (secondary N) is 1. The lowest BCUT2D eigenvalue weighted by Crippen LogP contribution is -2.00. The van der Waals surface area contributed by atoms with Crippen molar-refractivity contribution in [3.63, 3.8) is 0 Å². The number of hydrogen-bond donors (Lipinski definition) is 1. The monoisotopic (exact) mass is 219 g/mol. The Bertz CT molecular complexity index is 542. The molecule has 1 aromatic carbocycles. The molecule has 0 aliphatic heterocycles. The lowest BCUT2D eigenvalue weighted by atomic mass is 10.1. The van der Waals surface area contributed by atoms with E-state index in [0.29, 0.717) is 12.1 Å². The summed E-state index contributed by atoms with van der Waals surface area (Å²) in [4.78, 5) is 14.9. The number of aryl methyl sites for hydroxylation is 1. The number of fused-ring (bicyclic) bond motifs is 1. The average molecular weight is 219 g/mol. The van der Waals surface area contributed by atoms with Gasteiger partial charge in [-0.05, 0) is 37.1 Å². The zero-order valence-electron chi connectivity index (χ0n) is 9.43. The SMILES string of the molecule is CCCC(=O)c1[nH]c2ccc(F)cc2c1C. The van der Waals surface area contributed by atoms with Crippen LogP contribution in [0.5, 0.6) is 0 Å². The third-order valence-corrected chi connectivity index (χ3v) is 2.78. The van der Waals surface area contributed by atoms with Gasteiger partial charge in [-0.15, -0.1) is 0 Å². The largest absolute Gasteiger partial charge is 0.352 e. The summed E-state index contributed by atoms with van der Waals surface area (Å²) < 4.78 is 13.1. The Hall–Kier alpha value is -1.64. The van der Waals surface area contributed by atoms with E-state index in [1.165, 1.54) is 12.1 Å². The highest BCUT2D eigenvalue weighted by Gasteiger charge is 2.13. The number of benzene rings is 1. The van der Waals surface area contributed by atoms with Crippen LogP contribution in [0.2, 0.25) is 0 Å². The van der Waals surface area contributed by atoms with Crippen molar-refractivity contribution in [2.24, 2.45) is 0 Å². The minimum atomic E-state index is -0.274. The molecule has 2 rings (SSSR count). The van der Waals surface area contributed by atoms with E-state index in [2.05, 4.69) is 4.98 Å². The van der Waals surface area contributed by atoms with E-state index in [1.807, 2.05) is 13.8 Å². The zero-order valence-corrected chi connectivity index (χ0v) is 9.43. The Labute approximate surface area is 93.5 Å². The molecule has 0 unspecified atom stereocenters. The van der Waals surface area contributed by atoms with Crippen LogP contribution in [0, 0.1) is 12.7 Å². The highest BCUT2D eigenvalue weighted by atomic mass is 19.1. The first kappa shape index (κ1) is 10.9. The van der Waals surface area contributed by atoms with E-state index in [1.54, 1.807) is 6.07 Å². The van der Waals surface area contributed by atoms with E-state index in [0.717, 1.165) is 22.9 Å². The number of aromatic amines is 1. The number of Topliss-reactive ketones (excluding diaryl/α,β-unsaturated/α-hetero) is 1. The molecule has 2 nitrogen and oxygen atoms in total. The van der Waals surface area contributed by atoms with Crippen molar-refractivity contribution < 1.29 is 9.18 Å². The first-order chi connectivity index (χ1) is 7.63. The summed E-state index contributed by atoms with van der Waals surface area (Å²) in [6, 6.07) is 4.52. The fourth-order valence-electron chi connectivity index (χ4n) is 1.93. The third kappa shape index (κ3) is 1.73. The molecule has 1 heterocycles. The summed E-state index contributed by atoms with van der Waals surface area (Å²) in [5, 5.41) is 0.791. The second kappa shape index (κ2) is 4.08. The molecule has 0 saturated heterocycles. The summed E-state index contributed by atoms with van der Waals surface area (Å²) in [6.07, 6.45) is 1.35. The number of ketones is 1. The van der Waals surface area contributed by atoms with E-state index < -0.39 is 0 Å². The highest BCUT2D eigenvalue weighted by molar-refractivity contribution is 6.02. The van der Waals surface area contributed by atoms with Gasteiger partial charge in [0.25, 0.3) is 0 Å². The van der Waals surface area contributed by atoms with Crippen LogP contribution in [0.3, 0.4) is 0 Å². The normalized spacial score (nSPS) is 10.9. The quantitative estimate of drug-likeness (QED) is 0.786. The van der Waals surface area contributed by atoms with Crippen LogP contribution >= 0.6 is 0 Å². The van der Waals surface area contributed by atoms with Crippen LogP contribution in [0.1, 0.15) is 35.8 Å². The fraction of sp³-hybridized carbons (Fsp3) is 0.308. The molecule has 1 aromatic heterocycles. The molecule has 16 heavy (non-hydrogen) atoms. The van der Waals surface area contributed by atoms with Gasteiger partial charge in [0.05, 0.1) is 5.69 Å². The van der Waals surface area contributed by atoms with Crippen LogP contribution in [-0.4, -0.2) is 10.8 Å².